The van der Waals surface area contributed by atoms with Crippen molar-refractivity contribution in [1.29, 1.82) is 0 Å². The molecule has 7 heteroatoms. The van der Waals surface area contributed by atoms with Crippen LogP contribution in [0.5, 0.6) is 5.75 Å². The zero-order chi connectivity index (χ0) is 19.9. The maximum atomic E-state index is 13.2. The number of hydrogen-bond donors (Lipinski definition) is 0. The first-order valence-corrected chi connectivity index (χ1v) is 10.7. The molecule has 0 unspecified atom stereocenters. The lowest BCUT2D eigenvalue weighted by Crippen LogP contribution is -2.66. The number of hydrogen-bond acceptors (Lipinski definition) is 5. The highest BCUT2D eigenvalue weighted by atomic mass is 32.2. The lowest BCUT2D eigenvalue weighted by atomic mass is 9.74. The number of benzene rings is 2. The Hall–Kier alpha value is -2.38. The van der Waals surface area contributed by atoms with Gasteiger partial charge >= 0.3 is 5.97 Å². The SMILES string of the molecule is CC1(C)C[C@@H]2CN(S(=O)(=O)c3ccc(OCc4ccccc4)cc3)[C@H]1C(=O)O2. The van der Waals surface area contributed by atoms with Crippen molar-refractivity contribution in [3.8, 4) is 5.75 Å². The van der Waals surface area contributed by atoms with Crippen LogP contribution >= 0.6 is 0 Å². The van der Waals surface area contributed by atoms with E-state index in [2.05, 4.69) is 0 Å². The molecule has 28 heavy (non-hydrogen) atoms. The standard InChI is InChI=1S/C21H23NO5S/c1-21(2)12-17-13-22(19(21)20(23)27-17)28(24,25)18-10-8-16(9-11-18)26-14-15-6-4-3-5-7-15/h3-11,17,19H,12-14H2,1-2H3/t17-,19+/m1/s1. The normalized spacial score (nSPS) is 24.0. The van der Waals surface area contributed by atoms with Gasteiger partial charge in [0.05, 0.1) is 11.4 Å². The molecule has 5 rings (SSSR count). The van der Waals surface area contributed by atoms with E-state index in [1.807, 2.05) is 44.2 Å². The van der Waals surface area contributed by atoms with Gasteiger partial charge in [-0.3, -0.25) is 4.79 Å². The van der Waals surface area contributed by atoms with Crippen molar-refractivity contribution in [3.05, 3.63) is 60.2 Å². The maximum absolute atomic E-state index is 13.2. The Morgan fingerprint density at radius 2 is 1.79 bits per heavy atom. The minimum absolute atomic E-state index is 0.149. The van der Waals surface area contributed by atoms with Gasteiger partial charge in [0.1, 0.15) is 24.5 Å². The number of fused-ring (bicyclic) bond motifs is 3. The third-order valence-electron chi connectivity index (χ3n) is 5.35. The number of esters is 1. The lowest BCUT2D eigenvalue weighted by Gasteiger charge is -2.51. The molecule has 2 aromatic carbocycles. The van der Waals surface area contributed by atoms with Crippen molar-refractivity contribution in [1.82, 2.24) is 4.31 Å². The first-order chi connectivity index (χ1) is 13.3. The van der Waals surface area contributed by atoms with E-state index < -0.39 is 33.6 Å². The molecule has 2 aromatic rings. The molecule has 0 radical (unpaired) electrons. The van der Waals surface area contributed by atoms with Gasteiger partial charge in [0.15, 0.2) is 0 Å². The summed E-state index contributed by atoms with van der Waals surface area (Å²) >= 11 is 0. The summed E-state index contributed by atoms with van der Waals surface area (Å²) in [5, 5.41) is 0. The number of carbonyl (C=O) groups is 1. The Kier molecular flexibility index (Phi) is 4.67. The zero-order valence-corrected chi connectivity index (χ0v) is 16.7. The third kappa shape index (κ3) is 3.40. The molecule has 3 aliphatic heterocycles. The van der Waals surface area contributed by atoms with Gasteiger partial charge in [-0.05, 0) is 41.7 Å². The van der Waals surface area contributed by atoms with Crippen molar-refractivity contribution in [3.63, 3.8) is 0 Å². The molecule has 2 atom stereocenters. The molecular weight excluding hydrogens is 378 g/mol. The number of sulfonamides is 1. The van der Waals surface area contributed by atoms with E-state index in [0.717, 1.165) is 5.56 Å². The van der Waals surface area contributed by atoms with E-state index >= 15 is 0 Å². The molecule has 0 amide bonds. The molecule has 148 valence electrons. The van der Waals surface area contributed by atoms with Crippen LogP contribution < -0.4 is 4.74 Å². The summed E-state index contributed by atoms with van der Waals surface area (Å²) < 4.78 is 38.7. The Labute approximate surface area is 165 Å². The first-order valence-electron chi connectivity index (χ1n) is 9.26. The average Bonchev–Trinajstić information content (AvgIpc) is 2.66. The van der Waals surface area contributed by atoms with Crippen LogP contribution in [0.25, 0.3) is 0 Å². The topological polar surface area (TPSA) is 72.9 Å². The molecule has 0 spiro atoms. The number of piperidine rings is 1. The van der Waals surface area contributed by atoms with Gasteiger partial charge in [-0.1, -0.05) is 44.2 Å². The van der Waals surface area contributed by atoms with Gasteiger partial charge < -0.3 is 9.47 Å². The van der Waals surface area contributed by atoms with Crippen LogP contribution in [0.1, 0.15) is 25.8 Å². The highest BCUT2D eigenvalue weighted by Crippen LogP contribution is 2.43. The number of nitrogens with zero attached hydrogens (tertiary/aromatic N) is 1. The largest absolute Gasteiger partial charge is 0.489 e. The second-order valence-corrected chi connectivity index (χ2v) is 9.87. The van der Waals surface area contributed by atoms with Crippen LogP contribution in [-0.4, -0.2) is 37.4 Å². The van der Waals surface area contributed by atoms with Crippen molar-refractivity contribution in [2.24, 2.45) is 5.41 Å². The van der Waals surface area contributed by atoms with Gasteiger partial charge in [-0.25, -0.2) is 8.42 Å². The first kappa shape index (κ1) is 19.0. The van der Waals surface area contributed by atoms with Gasteiger partial charge in [0.2, 0.25) is 10.0 Å². The maximum Gasteiger partial charge on any atom is 0.325 e. The predicted octanol–water partition coefficient (Wildman–Crippen LogP) is 2.98. The zero-order valence-electron chi connectivity index (χ0n) is 15.9. The molecular formula is C21H23NO5S. The predicted molar refractivity (Wildman–Crippen MR) is 103 cm³/mol. The Balaban J connectivity index is 1.52. The summed E-state index contributed by atoms with van der Waals surface area (Å²) in [6, 6.07) is 15.3. The molecule has 0 saturated carbocycles. The van der Waals surface area contributed by atoms with Gasteiger partial charge in [0, 0.05) is 0 Å². The van der Waals surface area contributed by atoms with Crippen LogP contribution in [-0.2, 0) is 26.2 Å². The molecule has 3 heterocycles. The molecule has 2 bridgehead atoms. The van der Waals surface area contributed by atoms with Crippen LogP contribution in [0.2, 0.25) is 0 Å². The second-order valence-electron chi connectivity index (χ2n) is 7.97. The summed E-state index contributed by atoms with van der Waals surface area (Å²) in [5.74, 6) is 0.126. The van der Waals surface area contributed by atoms with E-state index in [1.165, 1.54) is 16.4 Å². The second kappa shape index (κ2) is 6.90. The van der Waals surface area contributed by atoms with Gasteiger partial charge in [-0.2, -0.15) is 4.31 Å². The number of ether oxygens (including phenoxy) is 2. The molecule has 3 fully saturated rings. The fourth-order valence-electron chi connectivity index (χ4n) is 4.02. The third-order valence-corrected chi connectivity index (χ3v) is 7.20. The molecule has 0 N–H and O–H groups in total. The minimum Gasteiger partial charge on any atom is -0.489 e. The van der Waals surface area contributed by atoms with Crippen molar-refractivity contribution in [2.75, 3.05) is 6.54 Å². The van der Waals surface area contributed by atoms with Crippen LogP contribution in [0.3, 0.4) is 0 Å². The molecule has 3 saturated heterocycles. The van der Waals surface area contributed by atoms with Gasteiger partial charge in [-0.15, -0.1) is 0 Å². The summed E-state index contributed by atoms with van der Waals surface area (Å²) in [6.45, 7) is 4.43. The monoisotopic (exact) mass is 401 g/mol. The number of carbonyl (C=O) groups excluding carboxylic acids is 1. The van der Waals surface area contributed by atoms with Gasteiger partial charge in [0.25, 0.3) is 0 Å². The summed E-state index contributed by atoms with van der Waals surface area (Å²) in [6.07, 6.45) is 0.276. The Bertz CT molecular complexity index is 970. The summed E-state index contributed by atoms with van der Waals surface area (Å²) in [7, 11) is -3.80. The van der Waals surface area contributed by atoms with Crippen LogP contribution in [0.15, 0.2) is 59.5 Å². The number of rotatable bonds is 5. The van der Waals surface area contributed by atoms with E-state index in [4.69, 9.17) is 9.47 Å². The van der Waals surface area contributed by atoms with E-state index in [1.54, 1.807) is 12.1 Å². The lowest BCUT2D eigenvalue weighted by molar-refractivity contribution is -0.183. The quantitative estimate of drug-likeness (QED) is 0.720. The molecule has 3 aliphatic rings. The highest BCUT2D eigenvalue weighted by Gasteiger charge is 2.56. The van der Waals surface area contributed by atoms with Crippen molar-refractivity contribution in [2.45, 2.75) is 43.9 Å². The average molecular weight is 401 g/mol. The van der Waals surface area contributed by atoms with E-state index in [9.17, 15) is 13.2 Å². The smallest absolute Gasteiger partial charge is 0.325 e. The molecule has 0 aliphatic carbocycles. The molecule has 6 nitrogen and oxygen atoms in total. The summed E-state index contributed by atoms with van der Waals surface area (Å²) in [4.78, 5) is 12.4. The van der Waals surface area contributed by atoms with E-state index in [0.29, 0.717) is 18.8 Å². The van der Waals surface area contributed by atoms with Crippen LogP contribution in [0, 0.1) is 5.41 Å². The molecule has 0 aromatic heterocycles. The van der Waals surface area contributed by atoms with Crippen molar-refractivity contribution >= 4 is 16.0 Å². The Morgan fingerprint density at radius 1 is 1.11 bits per heavy atom. The summed E-state index contributed by atoms with van der Waals surface area (Å²) in [5.41, 5.74) is 0.577. The Morgan fingerprint density at radius 3 is 2.39 bits per heavy atom. The highest BCUT2D eigenvalue weighted by molar-refractivity contribution is 7.89. The van der Waals surface area contributed by atoms with E-state index in [-0.39, 0.29) is 11.4 Å². The number of morpholine rings is 1. The van der Waals surface area contributed by atoms with Crippen LogP contribution in [0.4, 0.5) is 0 Å². The minimum atomic E-state index is -3.80. The fraction of sp³-hybridized carbons (Fsp3) is 0.381. The fourth-order valence-corrected chi connectivity index (χ4v) is 5.79. The van der Waals surface area contributed by atoms with Crippen molar-refractivity contribution < 1.29 is 22.7 Å².